The second kappa shape index (κ2) is 7.36. The van der Waals surface area contributed by atoms with Crippen molar-refractivity contribution in [3.63, 3.8) is 0 Å². The van der Waals surface area contributed by atoms with Crippen LogP contribution < -0.4 is 4.74 Å². The van der Waals surface area contributed by atoms with Gasteiger partial charge in [-0.25, -0.2) is 0 Å². The normalized spacial score (nSPS) is 13.9. The van der Waals surface area contributed by atoms with Crippen LogP contribution in [0.15, 0.2) is 18.2 Å². The predicted octanol–water partition coefficient (Wildman–Crippen LogP) is 3.27. The lowest BCUT2D eigenvalue weighted by Gasteiger charge is -2.20. The molecule has 19 heavy (non-hydrogen) atoms. The van der Waals surface area contributed by atoms with Gasteiger partial charge in [-0.2, -0.15) is 0 Å². The van der Waals surface area contributed by atoms with Gasteiger partial charge in [0.2, 0.25) is 0 Å². The lowest BCUT2D eigenvalue weighted by molar-refractivity contribution is -0.146. The van der Waals surface area contributed by atoms with Gasteiger partial charge in [0, 0.05) is 0 Å². The summed E-state index contributed by atoms with van der Waals surface area (Å²) < 4.78 is 5.02. The summed E-state index contributed by atoms with van der Waals surface area (Å²) in [5.74, 6) is -1.31. The quantitative estimate of drug-likeness (QED) is 0.807. The smallest absolute Gasteiger partial charge is 0.309 e. The highest BCUT2D eigenvalue weighted by Crippen LogP contribution is 2.32. The Morgan fingerprint density at radius 3 is 2.63 bits per heavy atom. The van der Waals surface area contributed by atoms with Crippen molar-refractivity contribution in [1.29, 1.82) is 0 Å². The first-order valence-corrected chi connectivity index (χ1v) is 6.63. The SMILES string of the molecule is CCCCC(C(=O)O)C(O)c1ccc(OC)c(Cl)c1. The third kappa shape index (κ3) is 4.11. The maximum Gasteiger partial charge on any atom is 0.309 e. The summed E-state index contributed by atoms with van der Waals surface area (Å²) in [6.45, 7) is 1.98. The molecule has 0 saturated carbocycles. The fourth-order valence-electron chi connectivity index (χ4n) is 1.94. The Morgan fingerprint density at radius 2 is 2.16 bits per heavy atom. The number of aliphatic hydroxyl groups is 1. The van der Waals surface area contributed by atoms with Crippen molar-refractivity contribution in [3.05, 3.63) is 28.8 Å². The van der Waals surface area contributed by atoms with Crippen molar-refractivity contribution >= 4 is 17.6 Å². The summed E-state index contributed by atoms with van der Waals surface area (Å²) in [6, 6.07) is 4.81. The number of halogens is 1. The summed E-state index contributed by atoms with van der Waals surface area (Å²) in [5.41, 5.74) is 0.495. The zero-order valence-electron chi connectivity index (χ0n) is 11.1. The Morgan fingerprint density at radius 1 is 1.47 bits per heavy atom. The van der Waals surface area contributed by atoms with Gasteiger partial charge >= 0.3 is 5.97 Å². The molecule has 0 fully saturated rings. The van der Waals surface area contributed by atoms with E-state index in [1.54, 1.807) is 18.2 Å². The number of hydrogen-bond acceptors (Lipinski definition) is 3. The number of benzene rings is 1. The van der Waals surface area contributed by atoms with Crippen molar-refractivity contribution in [2.45, 2.75) is 32.3 Å². The molecule has 0 aromatic heterocycles. The van der Waals surface area contributed by atoms with Gasteiger partial charge in [0.25, 0.3) is 0 Å². The van der Waals surface area contributed by atoms with Crippen LogP contribution in [0.2, 0.25) is 5.02 Å². The molecule has 0 bridgehead atoms. The summed E-state index contributed by atoms with van der Waals surface area (Å²) in [5, 5.41) is 19.7. The number of methoxy groups -OCH3 is 1. The van der Waals surface area contributed by atoms with E-state index in [1.165, 1.54) is 7.11 Å². The number of carbonyl (C=O) groups is 1. The molecule has 2 unspecified atom stereocenters. The summed E-state index contributed by atoms with van der Waals surface area (Å²) in [4.78, 5) is 11.2. The Kier molecular flexibility index (Phi) is 6.12. The highest BCUT2D eigenvalue weighted by atomic mass is 35.5. The standard InChI is InChI=1S/C14H19ClO4/c1-3-4-5-10(14(17)18)13(16)9-6-7-12(19-2)11(15)8-9/h6-8,10,13,16H,3-5H2,1-2H3,(H,17,18). The van der Waals surface area contributed by atoms with Crippen LogP contribution in [0, 0.1) is 5.92 Å². The highest BCUT2D eigenvalue weighted by Gasteiger charge is 2.27. The van der Waals surface area contributed by atoms with E-state index in [9.17, 15) is 15.0 Å². The summed E-state index contributed by atoms with van der Waals surface area (Å²) >= 11 is 5.98. The summed E-state index contributed by atoms with van der Waals surface area (Å²) in [7, 11) is 1.50. The topological polar surface area (TPSA) is 66.8 Å². The number of ether oxygens (including phenoxy) is 1. The van der Waals surface area contributed by atoms with Crippen molar-refractivity contribution in [2.75, 3.05) is 7.11 Å². The number of carboxylic acids is 1. The second-order valence-electron chi connectivity index (χ2n) is 4.43. The van der Waals surface area contributed by atoms with E-state index in [0.717, 1.165) is 12.8 Å². The molecular weight excluding hydrogens is 268 g/mol. The molecule has 0 aliphatic carbocycles. The van der Waals surface area contributed by atoms with E-state index in [1.807, 2.05) is 6.92 Å². The molecule has 0 spiro atoms. The van der Waals surface area contributed by atoms with Crippen LogP contribution in [-0.2, 0) is 4.79 Å². The van der Waals surface area contributed by atoms with E-state index in [2.05, 4.69) is 0 Å². The molecule has 1 rings (SSSR count). The zero-order chi connectivity index (χ0) is 14.4. The van der Waals surface area contributed by atoms with Crippen LogP contribution in [-0.4, -0.2) is 23.3 Å². The summed E-state index contributed by atoms with van der Waals surface area (Å²) in [6.07, 6.45) is 1.03. The Hall–Kier alpha value is -1.26. The molecule has 0 saturated heterocycles. The molecule has 0 amide bonds. The largest absolute Gasteiger partial charge is 0.495 e. The van der Waals surface area contributed by atoms with Crippen molar-refractivity contribution in [2.24, 2.45) is 5.92 Å². The van der Waals surface area contributed by atoms with Gasteiger partial charge in [-0.1, -0.05) is 37.4 Å². The van der Waals surface area contributed by atoms with Crippen molar-refractivity contribution in [1.82, 2.24) is 0 Å². The maximum atomic E-state index is 11.2. The van der Waals surface area contributed by atoms with Gasteiger partial charge < -0.3 is 14.9 Å². The van der Waals surface area contributed by atoms with Gasteiger partial charge in [-0.05, 0) is 24.1 Å². The Balaban J connectivity index is 2.92. The zero-order valence-corrected chi connectivity index (χ0v) is 11.9. The van der Waals surface area contributed by atoms with Gasteiger partial charge in [-0.3, -0.25) is 4.79 Å². The van der Waals surface area contributed by atoms with Crippen molar-refractivity contribution < 1.29 is 19.7 Å². The average Bonchev–Trinajstić information content (AvgIpc) is 2.38. The molecule has 4 nitrogen and oxygen atoms in total. The van der Waals surface area contributed by atoms with Crippen LogP contribution in [0.3, 0.4) is 0 Å². The Labute approximate surface area is 118 Å². The number of rotatable bonds is 7. The lowest BCUT2D eigenvalue weighted by atomic mass is 9.91. The predicted molar refractivity (Wildman–Crippen MR) is 73.6 cm³/mol. The first kappa shape index (κ1) is 15.8. The minimum atomic E-state index is -1.06. The minimum absolute atomic E-state index is 0.360. The van der Waals surface area contributed by atoms with E-state index in [0.29, 0.717) is 22.8 Å². The minimum Gasteiger partial charge on any atom is -0.495 e. The molecule has 0 aliphatic rings. The number of unbranched alkanes of at least 4 members (excludes halogenated alkanes) is 1. The van der Waals surface area contributed by atoms with Gasteiger partial charge in [0.1, 0.15) is 5.75 Å². The van der Waals surface area contributed by atoms with E-state index >= 15 is 0 Å². The molecule has 2 atom stereocenters. The van der Waals surface area contributed by atoms with Crippen LogP contribution in [0.5, 0.6) is 5.75 Å². The molecule has 1 aromatic carbocycles. The highest BCUT2D eigenvalue weighted by molar-refractivity contribution is 6.32. The molecule has 1 aromatic rings. The monoisotopic (exact) mass is 286 g/mol. The number of aliphatic carboxylic acids is 1. The van der Waals surface area contributed by atoms with Gasteiger partial charge in [0.05, 0.1) is 24.2 Å². The molecular formula is C14H19ClO4. The molecule has 5 heteroatoms. The van der Waals surface area contributed by atoms with Crippen LogP contribution in [0.1, 0.15) is 37.9 Å². The van der Waals surface area contributed by atoms with Crippen LogP contribution in [0.4, 0.5) is 0 Å². The number of carboxylic acid groups (broad SMARTS) is 1. The first-order chi connectivity index (χ1) is 9.01. The van der Waals surface area contributed by atoms with E-state index < -0.39 is 18.0 Å². The van der Waals surface area contributed by atoms with Gasteiger partial charge in [0.15, 0.2) is 0 Å². The fraction of sp³-hybridized carbons (Fsp3) is 0.500. The molecule has 0 aliphatic heterocycles. The second-order valence-corrected chi connectivity index (χ2v) is 4.83. The lowest BCUT2D eigenvalue weighted by Crippen LogP contribution is -2.22. The fourth-order valence-corrected chi connectivity index (χ4v) is 2.21. The van der Waals surface area contributed by atoms with Gasteiger partial charge in [-0.15, -0.1) is 0 Å². The molecule has 2 N–H and O–H groups in total. The molecule has 106 valence electrons. The van der Waals surface area contributed by atoms with Crippen LogP contribution in [0.25, 0.3) is 0 Å². The Bertz CT molecular complexity index is 433. The third-order valence-electron chi connectivity index (χ3n) is 3.08. The number of aliphatic hydroxyl groups excluding tert-OH is 1. The molecule has 0 radical (unpaired) electrons. The van der Waals surface area contributed by atoms with Crippen molar-refractivity contribution in [3.8, 4) is 5.75 Å². The maximum absolute atomic E-state index is 11.2. The van der Waals surface area contributed by atoms with E-state index in [-0.39, 0.29) is 0 Å². The third-order valence-corrected chi connectivity index (χ3v) is 3.38. The van der Waals surface area contributed by atoms with E-state index in [4.69, 9.17) is 16.3 Å². The molecule has 0 heterocycles. The first-order valence-electron chi connectivity index (χ1n) is 6.25. The van der Waals surface area contributed by atoms with Crippen LogP contribution >= 0.6 is 11.6 Å². The average molecular weight is 287 g/mol. The number of hydrogen-bond donors (Lipinski definition) is 2.